The summed E-state index contributed by atoms with van der Waals surface area (Å²) in [5.74, 6) is 6.77. The van der Waals surface area contributed by atoms with Crippen LogP contribution in [0.1, 0.15) is 65.6 Å². The standard InChI is InChI=1S/C20H22N2O3.C14H16O3.C13H16O5.C13H16O4.C13H14O3/c1-3-15(14-20(23)24)13-16-7-9-18(10-8-16)25-12-11-17-5-4-6-19(21-2)22-17;1-4-11(10-14(15)17-3)9-12-5-7-13(16-2)8-6-12;1-17-11-5-3-9(4-6-11)7-10(13(15)16)8-12(14)18-2;1-16-12-5-3-10(4-6-12)7-11(9-14)8-13(15)17-2;1-3-10(9-13(15)16-2)8-11-4-6-12(14)7-5-11/h1,4-10,15H,11-14H2,2H3,(H,21,22)(H,23,24);1,5-8,11H,9-10H2,2-3H3;3-6,10H,7-8H2,1-2H3,(H,15,16);3-6,9,11H,7-8H2,1-2H3;1,4-7,10,14H,8-9H2,2H3. The van der Waals surface area contributed by atoms with Crippen LogP contribution in [0.15, 0.2) is 140 Å². The largest absolute Gasteiger partial charge is 0.508 e. The van der Waals surface area contributed by atoms with Gasteiger partial charge in [-0.25, -0.2) is 4.98 Å². The molecule has 0 saturated carbocycles. The summed E-state index contributed by atoms with van der Waals surface area (Å²) in [4.78, 5) is 81.5. The first-order chi connectivity index (χ1) is 44.7. The van der Waals surface area contributed by atoms with Crippen LogP contribution in [-0.2, 0) is 91.0 Å². The Bertz CT molecular complexity index is 3330. The van der Waals surface area contributed by atoms with E-state index >= 15 is 0 Å². The molecule has 0 saturated heterocycles. The van der Waals surface area contributed by atoms with E-state index in [1.807, 2.05) is 98.0 Å². The number of pyridine rings is 1. The summed E-state index contributed by atoms with van der Waals surface area (Å²) in [6.07, 6.45) is 20.7. The van der Waals surface area contributed by atoms with E-state index in [0.29, 0.717) is 38.0 Å². The van der Waals surface area contributed by atoms with E-state index in [-0.39, 0.29) is 85.9 Å². The van der Waals surface area contributed by atoms with E-state index in [1.54, 1.807) is 69.9 Å². The zero-order valence-corrected chi connectivity index (χ0v) is 53.9. The van der Waals surface area contributed by atoms with Crippen molar-refractivity contribution in [2.45, 2.75) is 70.6 Å². The van der Waals surface area contributed by atoms with Gasteiger partial charge in [-0.05, 0) is 133 Å². The molecule has 0 fully saturated rings. The molecule has 0 radical (unpaired) electrons. The van der Waals surface area contributed by atoms with E-state index in [9.17, 15) is 33.6 Å². The molecule has 0 spiro atoms. The molecule has 5 aromatic carbocycles. The van der Waals surface area contributed by atoms with Crippen LogP contribution in [0.2, 0.25) is 0 Å². The molecule has 0 bridgehead atoms. The number of aldehydes is 1. The highest BCUT2D eigenvalue weighted by molar-refractivity contribution is 5.79. The van der Waals surface area contributed by atoms with Crippen LogP contribution < -0.4 is 24.3 Å². The van der Waals surface area contributed by atoms with Gasteiger partial charge in [-0.3, -0.25) is 28.8 Å². The van der Waals surface area contributed by atoms with Crippen molar-refractivity contribution in [3.05, 3.63) is 173 Å². The highest BCUT2D eigenvalue weighted by Gasteiger charge is 2.22. The zero-order chi connectivity index (χ0) is 68.9. The normalized spacial score (nSPS) is 11.5. The number of phenols is 1. The lowest BCUT2D eigenvalue weighted by Crippen LogP contribution is -2.21. The minimum Gasteiger partial charge on any atom is -0.508 e. The number of carboxylic acid groups (broad SMARTS) is 2. The summed E-state index contributed by atoms with van der Waals surface area (Å²) in [5, 5.41) is 30.0. The Hall–Kier alpha value is -10.8. The number of carbonyl (C=O) groups is 7. The lowest BCUT2D eigenvalue weighted by molar-refractivity contribution is -0.149. The fourth-order valence-corrected chi connectivity index (χ4v) is 8.46. The number of methoxy groups -OCH3 is 7. The van der Waals surface area contributed by atoms with E-state index in [4.69, 9.17) is 53.5 Å². The van der Waals surface area contributed by atoms with Crippen molar-refractivity contribution < 1.29 is 86.8 Å². The number of carboxylic acids is 2. The molecule has 6 rings (SSSR count). The molecular formula is C73H84N2O18. The number of rotatable bonds is 30. The molecule has 93 heavy (non-hydrogen) atoms. The molecule has 0 amide bonds. The highest BCUT2D eigenvalue weighted by atomic mass is 16.5. The first-order valence-corrected chi connectivity index (χ1v) is 29.3. The van der Waals surface area contributed by atoms with E-state index in [1.165, 1.54) is 28.4 Å². The summed E-state index contributed by atoms with van der Waals surface area (Å²) in [6.45, 7) is 0.533. The van der Waals surface area contributed by atoms with Gasteiger partial charge < -0.3 is 63.3 Å². The van der Waals surface area contributed by atoms with Gasteiger partial charge in [0.15, 0.2) is 0 Å². The summed E-state index contributed by atoms with van der Waals surface area (Å²) < 4.78 is 39.0. The Balaban J connectivity index is 0.000000400. The Morgan fingerprint density at radius 2 is 0.849 bits per heavy atom. The fraction of sp³-hybridized carbons (Fsp3) is 0.342. The van der Waals surface area contributed by atoms with Gasteiger partial charge in [0.1, 0.15) is 40.9 Å². The van der Waals surface area contributed by atoms with Crippen LogP contribution in [0.4, 0.5) is 5.82 Å². The van der Waals surface area contributed by atoms with Gasteiger partial charge in [0, 0.05) is 42.8 Å². The number of hydrogen-bond donors (Lipinski definition) is 4. The van der Waals surface area contributed by atoms with Crippen molar-refractivity contribution >= 4 is 47.9 Å². The van der Waals surface area contributed by atoms with Crippen molar-refractivity contribution in [1.29, 1.82) is 0 Å². The maximum absolute atomic E-state index is 11.1. The van der Waals surface area contributed by atoms with Gasteiger partial charge >= 0.3 is 35.8 Å². The number of aromatic nitrogens is 1. The molecule has 20 nitrogen and oxygen atoms in total. The van der Waals surface area contributed by atoms with Crippen LogP contribution in [0.5, 0.6) is 28.7 Å². The van der Waals surface area contributed by atoms with Gasteiger partial charge in [0.25, 0.3) is 0 Å². The van der Waals surface area contributed by atoms with E-state index < -0.39 is 23.8 Å². The van der Waals surface area contributed by atoms with Crippen LogP contribution in [-0.4, -0.2) is 126 Å². The van der Waals surface area contributed by atoms with Crippen molar-refractivity contribution in [1.82, 2.24) is 4.98 Å². The molecule has 6 aromatic rings. The number of phenolic OH excluding ortho intramolecular Hbond substituents is 1. The maximum atomic E-state index is 11.1. The minimum atomic E-state index is -1.00. The van der Waals surface area contributed by atoms with E-state index in [0.717, 1.165) is 69.3 Å². The smallest absolute Gasteiger partial charge is 0.307 e. The summed E-state index contributed by atoms with van der Waals surface area (Å²) >= 11 is 0. The van der Waals surface area contributed by atoms with Gasteiger partial charge in [-0.1, -0.05) is 66.7 Å². The fourth-order valence-electron chi connectivity index (χ4n) is 8.46. The number of anilines is 1. The van der Waals surface area contributed by atoms with Gasteiger partial charge in [0.05, 0.1) is 94.4 Å². The molecule has 1 heterocycles. The summed E-state index contributed by atoms with van der Waals surface area (Å²) in [5.41, 5.74) is 5.87. The second-order valence-electron chi connectivity index (χ2n) is 20.5. The van der Waals surface area contributed by atoms with Crippen LogP contribution in [0.3, 0.4) is 0 Å². The number of carbonyl (C=O) groups excluding carboxylic acids is 5. The van der Waals surface area contributed by atoms with Crippen molar-refractivity contribution in [2.24, 2.45) is 29.6 Å². The quantitative estimate of drug-likeness (QED) is 0.0141. The van der Waals surface area contributed by atoms with E-state index in [2.05, 4.69) is 47.0 Å². The molecule has 0 aliphatic rings. The number of nitrogens with zero attached hydrogens (tertiary/aromatic N) is 1. The third-order valence-corrected chi connectivity index (χ3v) is 13.7. The molecule has 5 atom stereocenters. The SMILES string of the molecule is C#CC(CC(=O)O)Cc1ccc(OCCc2cccc(NC)n2)cc1.C#CC(CC(=O)OC)Cc1ccc(O)cc1.C#CC(CC(=O)OC)Cc1ccc(OC)cc1.COC(=O)CC(C=O)Cc1ccc(OC)cc1.COC(=O)CC(Cc1ccc(OC)cc1)C(=O)O. The lowest BCUT2D eigenvalue weighted by atomic mass is 9.96. The number of aromatic hydroxyl groups is 1. The molecule has 0 aliphatic heterocycles. The van der Waals surface area contributed by atoms with Crippen LogP contribution >= 0.6 is 0 Å². The number of aliphatic carboxylic acids is 2. The van der Waals surface area contributed by atoms with Crippen molar-refractivity contribution in [3.63, 3.8) is 0 Å². The predicted molar refractivity (Wildman–Crippen MR) is 351 cm³/mol. The molecule has 0 aliphatic carbocycles. The van der Waals surface area contributed by atoms with Crippen LogP contribution in [0.25, 0.3) is 0 Å². The van der Waals surface area contributed by atoms with Crippen molar-refractivity contribution in [2.75, 3.05) is 68.7 Å². The number of esters is 4. The number of hydrogen-bond acceptors (Lipinski definition) is 18. The first-order valence-electron chi connectivity index (χ1n) is 29.3. The van der Waals surface area contributed by atoms with Crippen LogP contribution in [0, 0.1) is 66.6 Å². The third-order valence-electron chi connectivity index (χ3n) is 13.7. The third kappa shape index (κ3) is 33.6. The molecule has 20 heteroatoms. The zero-order valence-electron chi connectivity index (χ0n) is 53.9. The molecule has 494 valence electrons. The second-order valence-corrected chi connectivity index (χ2v) is 20.5. The number of nitrogens with one attached hydrogen (secondary N) is 1. The lowest BCUT2D eigenvalue weighted by Gasteiger charge is -2.11. The number of terminal acetylenes is 3. The van der Waals surface area contributed by atoms with Crippen molar-refractivity contribution in [3.8, 4) is 65.8 Å². The monoisotopic (exact) mass is 1280 g/mol. The maximum Gasteiger partial charge on any atom is 0.307 e. The Kier molecular flexibility index (Phi) is 38.3. The topological polar surface area (TPSA) is 279 Å². The molecule has 1 aromatic heterocycles. The molecule has 4 N–H and O–H groups in total. The van der Waals surface area contributed by atoms with Gasteiger partial charge in [-0.15, -0.1) is 37.0 Å². The summed E-state index contributed by atoms with van der Waals surface area (Å²) in [6, 6.07) is 42.3. The Morgan fingerprint density at radius 1 is 0.484 bits per heavy atom. The minimum absolute atomic E-state index is 0.0204. The summed E-state index contributed by atoms with van der Waals surface area (Å²) in [7, 11) is 11.9. The molecule has 5 unspecified atom stereocenters. The molecular weight excluding hydrogens is 1190 g/mol. The highest BCUT2D eigenvalue weighted by Crippen LogP contribution is 2.22. The number of benzene rings is 5. The average Bonchev–Trinajstić information content (AvgIpc) is 2.63. The second kappa shape index (κ2) is 45.5. The Labute approximate surface area is 545 Å². The Morgan fingerprint density at radius 3 is 1.22 bits per heavy atom. The number of ether oxygens (including phenoxy) is 8. The predicted octanol–water partition coefficient (Wildman–Crippen LogP) is 9.93. The van der Waals surface area contributed by atoms with Gasteiger partial charge in [0.2, 0.25) is 0 Å². The average molecular weight is 1280 g/mol. The first kappa shape index (κ1) is 78.3. The van der Waals surface area contributed by atoms with Gasteiger partial charge in [-0.2, -0.15) is 0 Å².